The fourth-order valence-electron chi connectivity index (χ4n) is 3.54. The first-order valence-electron chi connectivity index (χ1n) is 12.0. The van der Waals surface area contributed by atoms with E-state index in [9.17, 15) is 4.79 Å². The van der Waals surface area contributed by atoms with Crippen LogP contribution in [0.4, 0.5) is 0 Å². The normalized spacial score (nSPS) is 10.9. The Labute approximate surface area is 206 Å². The predicted molar refractivity (Wildman–Crippen MR) is 138 cm³/mol. The largest absolute Gasteiger partial charge is 0.494 e. The summed E-state index contributed by atoms with van der Waals surface area (Å²) in [5.74, 6) is 1.65. The van der Waals surface area contributed by atoms with Crippen molar-refractivity contribution in [3.05, 3.63) is 59.8 Å². The zero-order valence-electron chi connectivity index (χ0n) is 20.7. The van der Waals surface area contributed by atoms with E-state index in [0.717, 1.165) is 29.9 Å². The summed E-state index contributed by atoms with van der Waals surface area (Å²) in [5, 5.41) is 11.0. The maximum atomic E-state index is 12.4. The van der Waals surface area contributed by atoms with E-state index in [0.29, 0.717) is 22.9 Å². The number of aromatic nitrogens is 2. The fraction of sp³-hybridized carbons (Fsp3) is 0.370. The summed E-state index contributed by atoms with van der Waals surface area (Å²) in [6.45, 7) is 2.95. The second kappa shape index (κ2) is 13.8. The second-order valence-electron chi connectivity index (χ2n) is 8.12. The number of amides is 1. The minimum atomic E-state index is -0.389. The zero-order valence-corrected chi connectivity index (χ0v) is 20.7. The van der Waals surface area contributed by atoms with Crippen molar-refractivity contribution >= 4 is 12.1 Å². The third kappa shape index (κ3) is 7.88. The Balaban J connectivity index is 1.48. The number of aromatic amines is 1. The molecule has 1 aromatic heterocycles. The third-order valence-corrected chi connectivity index (χ3v) is 5.53. The Morgan fingerprint density at radius 1 is 0.971 bits per heavy atom. The van der Waals surface area contributed by atoms with Crippen LogP contribution in [0.2, 0.25) is 0 Å². The molecule has 2 aromatic carbocycles. The Morgan fingerprint density at radius 2 is 1.71 bits per heavy atom. The van der Waals surface area contributed by atoms with E-state index in [4.69, 9.17) is 14.2 Å². The SMILES string of the molecule is CCCCCCCCOc1ccc(-c2cc(C(=O)NN=Cc3ccc(OC)c(OC)c3)[nH]n2)cc1. The maximum absolute atomic E-state index is 12.4. The van der Waals surface area contributed by atoms with Crippen molar-refractivity contribution in [3.8, 4) is 28.5 Å². The lowest BCUT2D eigenvalue weighted by molar-refractivity contribution is 0.0950. The number of carbonyl (C=O) groups excluding carboxylic acids is 1. The van der Waals surface area contributed by atoms with Gasteiger partial charge in [-0.1, -0.05) is 39.0 Å². The number of ether oxygens (including phenoxy) is 3. The Kier molecular flexibility index (Phi) is 10.2. The van der Waals surface area contributed by atoms with Crippen molar-refractivity contribution in [2.75, 3.05) is 20.8 Å². The fourth-order valence-corrected chi connectivity index (χ4v) is 3.54. The van der Waals surface area contributed by atoms with Crippen molar-refractivity contribution in [2.24, 2.45) is 5.10 Å². The van der Waals surface area contributed by atoms with Gasteiger partial charge in [0.25, 0.3) is 5.91 Å². The lowest BCUT2D eigenvalue weighted by Crippen LogP contribution is -2.18. The lowest BCUT2D eigenvalue weighted by Gasteiger charge is -2.07. The van der Waals surface area contributed by atoms with Crippen LogP contribution in [0.15, 0.2) is 53.6 Å². The van der Waals surface area contributed by atoms with Crippen LogP contribution in [-0.4, -0.2) is 43.1 Å². The van der Waals surface area contributed by atoms with Gasteiger partial charge in [0, 0.05) is 5.56 Å². The molecule has 0 aliphatic carbocycles. The number of nitrogens with zero attached hydrogens (tertiary/aromatic N) is 2. The highest BCUT2D eigenvalue weighted by Gasteiger charge is 2.11. The third-order valence-electron chi connectivity index (χ3n) is 5.53. The molecule has 0 atom stereocenters. The summed E-state index contributed by atoms with van der Waals surface area (Å²) in [4.78, 5) is 12.4. The molecule has 3 aromatic rings. The van der Waals surface area contributed by atoms with Crippen LogP contribution in [0.1, 0.15) is 61.5 Å². The summed E-state index contributed by atoms with van der Waals surface area (Å²) in [5.41, 5.74) is 5.13. The number of unbranched alkanes of at least 4 members (excludes halogenated alkanes) is 5. The second-order valence-corrected chi connectivity index (χ2v) is 8.12. The van der Waals surface area contributed by atoms with E-state index in [2.05, 4.69) is 27.6 Å². The molecule has 186 valence electrons. The van der Waals surface area contributed by atoms with E-state index in [1.165, 1.54) is 38.3 Å². The maximum Gasteiger partial charge on any atom is 0.289 e. The molecule has 35 heavy (non-hydrogen) atoms. The van der Waals surface area contributed by atoms with Gasteiger partial charge in [0.05, 0.1) is 32.7 Å². The van der Waals surface area contributed by atoms with E-state index in [1.54, 1.807) is 32.4 Å². The number of carbonyl (C=O) groups is 1. The number of hydrazone groups is 1. The number of H-pyrrole nitrogens is 1. The summed E-state index contributed by atoms with van der Waals surface area (Å²) in [6, 6.07) is 14.8. The Morgan fingerprint density at radius 3 is 2.46 bits per heavy atom. The molecular weight excluding hydrogens is 444 g/mol. The van der Waals surface area contributed by atoms with Crippen LogP contribution in [0.5, 0.6) is 17.2 Å². The minimum absolute atomic E-state index is 0.313. The molecule has 0 unspecified atom stereocenters. The molecule has 3 rings (SSSR count). The summed E-state index contributed by atoms with van der Waals surface area (Å²) in [7, 11) is 3.14. The molecule has 0 aliphatic rings. The monoisotopic (exact) mass is 478 g/mol. The van der Waals surface area contributed by atoms with Crippen LogP contribution in [0.25, 0.3) is 11.3 Å². The molecule has 8 nitrogen and oxygen atoms in total. The van der Waals surface area contributed by atoms with Gasteiger partial charge in [-0.2, -0.15) is 10.2 Å². The summed E-state index contributed by atoms with van der Waals surface area (Å²) >= 11 is 0. The molecule has 0 aliphatic heterocycles. The molecule has 2 N–H and O–H groups in total. The van der Waals surface area contributed by atoms with E-state index in [1.807, 2.05) is 30.3 Å². The van der Waals surface area contributed by atoms with Crippen molar-refractivity contribution < 1.29 is 19.0 Å². The van der Waals surface area contributed by atoms with Crippen molar-refractivity contribution in [1.29, 1.82) is 0 Å². The van der Waals surface area contributed by atoms with E-state index >= 15 is 0 Å². The molecule has 0 radical (unpaired) electrons. The molecule has 0 fully saturated rings. The summed E-state index contributed by atoms with van der Waals surface area (Å²) < 4.78 is 16.3. The molecule has 8 heteroatoms. The molecule has 1 amide bonds. The minimum Gasteiger partial charge on any atom is -0.494 e. The standard InChI is InChI=1S/C27H34N4O4/c1-4-5-6-7-8-9-16-35-22-13-11-21(12-14-22)23-18-24(30-29-23)27(32)31-28-19-20-10-15-25(33-2)26(17-20)34-3/h10-15,17-19H,4-9,16H2,1-3H3,(H,29,30)(H,31,32). The number of nitrogens with one attached hydrogen (secondary N) is 2. The first-order valence-corrected chi connectivity index (χ1v) is 12.0. The average Bonchev–Trinajstić information content (AvgIpc) is 3.39. The number of methoxy groups -OCH3 is 2. The quantitative estimate of drug-likeness (QED) is 0.179. The predicted octanol–water partition coefficient (Wildman–Crippen LogP) is 5.60. The lowest BCUT2D eigenvalue weighted by atomic mass is 10.1. The van der Waals surface area contributed by atoms with Crippen molar-refractivity contribution in [2.45, 2.75) is 45.4 Å². The van der Waals surface area contributed by atoms with E-state index in [-0.39, 0.29) is 5.91 Å². The molecule has 0 spiro atoms. The van der Waals surface area contributed by atoms with Gasteiger partial charge in [-0.25, -0.2) is 5.43 Å². The van der Waals surface area contributed by atoms with Crippen LogP contribution in [0, 0.1) is 0 Å². The van der Waals surface area contributed by atoms with Gasteiger partial charge in [0.2, 0.25) is 0 Å². The van der Waals surface area contributed by atoms with E-state index < -0.39 is 0 Å². The number of hydrogen-bond donors (Lipinski definition) is 2. The highest BCUT2D eigenvalue weighted by molar-refractivity contribution is 5.94. The first-order chi connectivity index (χ1) is 17.1. The van der Waals surface area contributed by atoms with Gasteiger partial charge < -0.3 is 14.2 Å². The molecule has 0 bridgehead atoms. The van der Waals surface area contributed by atoms with Crippen LogP contribution >= 0.6 is 0 Å². The van der Waals surface area contributed by atoms with Crippen LogP contribution in [0.3, 0.4) is 0 Å². The summed E-state index contributed by atoms with van der Waals surface area (Å²) in [6.07, 6.45) is 8.95. The highest BCUT2D eigenvalue weighted by Crippen LogP contribution is 2.27. The van der Waals surface area contributed by atoms with Gasteiger partial charge in [-0.05, 0) is 60.5 Å². The number of benzene rings is 2. The van der Waals surface area contributed by atoms with Gasteiger partial charge in [0.1, 0.15) is 11.4 Å². The highest BCUT2D eigenvalue weighted by atomic mass is 16.5. The first kappa shape index (κ1) is 25.8. The Bertz CT molecular complexity index is 1090. The van der Waals surface area contributed by atoms with Crippen LogP contribution in [-0.2, 0) is 0 Å². The van der Waals surface area contributed by atoms with Crippen LogP contribution < -0.4 is 19.6 Å². The molecule has 0 saturated carbocycles. The van der Waals surface area contributed by atoms with Gasteiger partial charge in [-0.15, -0.1) is 0 Å². The van der Waals surface area contributed by atoms with Gasteiger partial charge in [0.15, 0.2) is 11.5 Å². The molecule has 1 heterocycles. The smallest absolute Gasteiger partial charge is 0.289 e. The molecular formula is C27H34N4O4. The van der Waals surface area contributed by atoms with Gasteiger partial charge >= 0.3 is 0 Å². The van der Waals surface area contributed by atoms with Crippen molar-refractivity contribution in [1.82, 2.24) is 15.6 Å². The van der Waals surface area contributed by atoms with Gasteiger partial charge in [-0.3, -0.25) is 9.89 Å². The number of hydrogen-bond acceptors (Lipinski definition) is 6. The average molecular weight is 479 g/mol. The number of rotatable bonds is 14. The zero-order chi connectivity index (χ0) is 24.9. The molecule has 0 saturated heterocycles. The topological polar surface area (TPSA) is 97.8 Å². The Hall–Kier alpha value is -3.81. The van der Waals surface area contributed by atoms with Crippen molar-refractivity contribution in [3.63, 3.8) is 0 Å².